The van der Waals surface area contributed by atoms with E-state index in [1.807, 2.05) is 25.1 Å². The molecule has 0 bridgehead atoms. The molecule has 1 saturated heterocycles. The zero-order chi connectivity index (χ0) is 26.6. The van der Waals surface area contributed by atoms with E-state index in [4.69, 9.17) is 9.51 Å². The molecule has 198 valence electrons. The first-order valence-corrected chi connectivity index (χ1v) is 12.9. The van der Waals surface area contributed by atoms with Crippen molar-refractivity contribution in [2.24, 2.45) is 0 Å². The number of fused-ring (bicyclic) bond motifs is 1. The Balaban J connectivity index is 1.50. The van der Waals surface area contributed by atoms with Crippen LogP contribution in [-0.4, -0.2) is 36.9 Å². The molecule has 3 heterocycles. The van der Waals surface area contributed by atoms with E-state index in [0.717, 1.165) is 36.1 Å². The van der Waals surface area contributed by atoms with Gasteiger partial charge in [-0.05, 0) is 68.9 Å². The van der Waals surface area contributed by atoms with Crippen molar-refractivity contribution in [3.05, 3.63) is 65.3 Å². The number of benzene rings is 2. The first-order valence-electron chi connectivity index (χ1n) is 12.9. The Morgan fingerprint density at radius 1 is 1.05 bits per heavy atom. The number of imidazole rings is 1. The summed E-state index contributed by atoms with van der Waals surface area (Å²) < 4.78 is 35.3. The van der Waals surface area contributed by atoms with Crippen LogP contribution in [0, 0.1) is 18.6 Å². The number of carbonyl (C=O) groups is 1. The number of aliphatic hydroxyl groups is 2. The maximum absolute atomic E-state index is 14.1. The molecule has 38 heavy (non-hydrogen) atoms. The van der Waals surface area contributed by atoms with Crippen LogP contribution in [0.25, 0.3) is 22.2 Å². The van der Waals surface area contributed by atoms with Gasteiger partial charge in [-0.25, -0.2) is 13.8 Å². The normalized spacial score (nSPS) is 22.1. The average molecular weight is 523 g/mol. The second kappa shape index (κ2) is 9.59. The number of halogens is 2. The number of rotatable bonds is 5. The molecule has 1 aliphatic heterocycles. The van der Waals surface area contributed by atoms with Crippen molar-refractivity contribution >= 4 is 22.6 Å². The molecular weight excluding hydrogens is 494 g/mol. The maximum atomic E-state index is 14.1. The minimum atomic E-state index is -1.01. The smallest absolute Gasteiger partial charge is 0.227 e. The minimum absolute atomic E-state index is 0.0667. The number of hydrogen-bond donors (Lipinski definition) is 2. The predicted octanol–water partition coefficient (Wildman–Crippen LogP) is 5.11. The molecule has 4 aromatic rings. The van der Waals surface area contributed by atoms with Gasteiger partial charge in [0.15, 0.2) is 17.4 Å². The number of nitrogens with zero attached hydrogens (tertiary/aromatic N) is 4. The Morgan fingerprint density at radius 2 is 1.84 bits per heavy atom. The Morgan fingerprint density at radius 3 is 2.58 bits per heavy atom. The Labute approximate surface area is 217 Å². The second-order valence-corrected chi connectivity index (χ2v) is 10.1. The van der Waals surface area contributed by atoms with Crippen molar-refractivity contribution in [3.8, 4) is 11.1 Å². The van der Waals surface area contributed by atoms with E-state index in [2.05, 4.69) is 9.72 Å². The molecule has 1 amide bonds. The monoisotopic (exact) mass is 522 g/mol. The van der Waals surface area contributed by atoms with Gasteiger partial charge in [-0.15, -0.1) is 0 Å². The van der Waals surface area contributed by atoms with Crippen molar-refractivity contribution < 1.29 is 28.3 Å². The van der Waals surface area contributed by atoms with Crippen molar-refractivity contribution in [1.29, 1.82) is 0 Å². The SMILES string of the molecule is Cc1noc(CO)c1-c1ccc2c(c1)nc([C@@H]1CCC(=O)N1c1ccc(F)c(F)c1)n2C1CCC(O)CC1. The summed E-state index contributed by atoms with van der Waals surface area (Å²) >= 11 is 0. The van der Waals surface area contributed by atoms with E-state index >= 15 is 0 Å². The second-order valence-electron chi connectivity index (χ2n) is 10.1. The molecule has 8 nitrogen and oxygen atoms in total. The van der Waals surface area contributed by atoms with Crippen LogP contribution < -0.4 is 4.90 Å². The van der Waals surface area contributed by atoms with Gasteiger partial charge >= 0.3 is 0 Å². The summed E-state index contributed by atoms with van der Waals surface area (Å²) in [6.07, 6.45) is 3.26. The molecule has 2 aliphatic rings. The third kappa shape index (κ3) is 4.08. The van der Waals surface area contributed by atoms with E-state index in [1.165, 1.54) is 11.0 Å². The van der Waals surface area contributed by atoms with Gasteiger partial charge in [-0.3, -0.25) is 4.79 Å². The molecule has 1 atom stereocenters. The fraction of sp³-hybridized carbons (Fsp3) is 0.393. The number of carbonyl (C=O) groups excluding carboxylic acids is 1. The molecular formula is C28H28F2N4O4. The van der Waals surface area contributed by atoms with Gasteiger partial charge in [0.05, 0.1) is 34.4 Å². The molecule has 0 spiro atoms. The fourth-order valence-electron chi connectivity index (χ4n) is 5.99. The highest BCUT2D eigenvalue weighted by Crippen LogP contribution is 2.42. The summed E-state index contributed by atoms with van der Waals surface area (Å²) in [6, 6.07) is 8.94. The lowest BCUT2D eigenvalue weighted by Crippen LogP contribution is -2.31. The highest BCUT2D eigenvalue weighted by atomic mass is 19.2. The van der Waals surface area contributed by atoms with Crippen molar-refractivity contribution in [2.75, 3.05) is 4.90 Å². The molecule has 2 aromatic heterocycles. The average Bonchev–Trinajstić information content (AvgIpc) is 3.60. The van der Waals surface area contributed by atoms with Crippen LogP contribution in [0.3, 0.4) is 0 Å². The minimum Gasteiger partial charge on any atom is -0.393 e. The fourth-order valence-corrected chi connectivity index (χ4v) is 5.99. The zero-order valence-electron chi connectivity index (χ0n) is 20.9. The number of hydrogen-bond acceptors (Lipinski definition) is 6. The van der Waals surface area contributed by atoms with E-state index in [0.29, 0.717) is 53.3 Å². The molecule has 2 aromatic carbocycles. The van der Waals surface area contributed by atoms with Crippen LogP contribution in [0.4, 0.5) is 14.5 Å². The molecule has 0 radical (unpaired) electrons. The molecule has 1 saturated carbocycles. The van der Waals surface area contributed by atoms with Gasteiger partial charge in [0.25, 0.3) is 0 Å². The van der Waals surface area contributed by atoms with Crippen LogP contribution in [0.2, 0.25) is 0 Å². The largest absolute Gasteiger partial charge is 0.393 e. The molecule has 2 N–H and O–H groups in total. The standard InChI is InChI=1S/C28H28F2N4O4/c1-15-27(25(14-35)38-32-15)16-2-9-23-22(12-16)31-28(34(23)17-3-6-19(36)7-4-17)24-10-11-26(37)33(24)18-5-8-20(29)21(30)13-18/h2,5,8-9,12-13,17,19,24,35-36H,3-4,6-7,10-11,14H2,1H3/t17?,19?,24-/m0/s1. The highest BCUT2D eigenvalue weighted by molar-refractivity contribution is 5.96. The summed E-state index contributed by atoms with van der Waals surface area (Å²) in [5.74, 6) is -1.10. The van der Waals surface area contributed by atoms with Crippen LogP contribution in [0.5, 0.6) is 0 Å². The van der Waals surface area contributed by atoms with Crippen LogP contribution in [0.1, 0.15) is 67.9 Å². The van der Waals surface area contributed by atoms with Gasteiger partial charge in [-0.2, -0.15) is 0 Å². The van der Waals surface area contributed by atoms with Crippen LogP contribution >= 0.6 is 0 Å². The maximum Gasteiger partial charge on any atom is 0.227 e. The topological polar surface area (TPSA) is 105 Å². The van der Waals surface area contributed by atoms with Crippen LogP contribution in [0.15, 0.2) is 40.9 Å². The highest BCUT2D eigenvalue weighted by Gasteiger charge is 2.38. The lowest BCUT2D eigenvalue weighted by atomic mass is 9.92. The van der Waals surface area contributed by atoms with Crippen LogP contribution in [-0.2, 0) is 11.4 Å². The number of aryl methyl sites for hydroxylation is 1. The van der Waals surface area contributed by atoms with E-state index in [9.17, 15) is 23.8 Å². The zero-order valence-corrected chi connectivity index (χ0v) is 20.9. The van der Waals surface area contributed by atoms with Gasteiger partial charge in [0.2, 0.25) is 5.91 Å². The molecule has 1 aliphatic carbocycles. The summed E-state index contributed by atoms with van der Waals surface area (Å²) in [4.78, 5) is 19.6. The Bertz CT molecular complexity index is 1520. The van der Waals surface area contributed by atoms with Gasteiger partial charge in [-0.1, -0.05) is 11.2 Å². The van der Waals surface area contributed by atoms with E-state index < -0.39 is 17.7 Å². The van der Waals surface area contributed by atoms with Gasteiger partial charge in [0.1, 0.15) is 12.4 Å². The van der Waals surface area contributed by atoms with Crippen molar-refractivity contribution in [3.63, 3.8) is 0 Å². The third-order valence-corrected chi connectivity index (χ3v) is 7.81. The lowest BCUT2D eigenvalue weighted by molar-refractivity contribution is -0.117. The third-order valence-electron chi connectivity index (χ3n) is 7.81. The summed E-state index contributed by atoms with van der Waals surface area (Å²) in [5, 5.41) is 23.8. The molecule has 10 heteroatoms. The Kier molecular flexibility index (Phi) is 6.23. The molecule has 2 fully saturated rings. The van der Waals surface area contributed by atoms with Gasteiger partial charge < -0.3 is 24.2 Å². The number of amides is 1. The van der Waals surface area contributed by atoms with Crippen molar-refractivity contribution in [2.45, 2.75) is 70.2 Å². The molecule has 0 unspecified atom stereocenters. The van der Waals surface area contributed by atoms with E-state index in [1.54, 1.807) is 0 Å². The summed E-state index contributed by atoms with van der Waals surface area (Å²) in [5.41, 5.74) is 4.05. The van der Waals surface area contributed by atoms with Gasteiger partial charge in [0, 0.05) is 24.2 Å². The summed E-state index contributed by atoms with van der Waals surface area (Å²) in [6.45, 7) is 1.52. The van der Waals surface area contributed by atoms with Crippen molar-refractivity contribution in [1.82, 2.24) is 14.7 Å². The first-order chi connectivity index (χ1) is 18.4. The number of aromatic nitrogens is 3. The molecule has 6 rings (SSSR count). The summed E-state index contributed by atoms with van der Waals surface area (Å²) in [7, 11) is 0. The van der Waals surface area contributed by atoms with E-state index in [-0.39, 0.29) is 31.1 Å². The number of aliphatic hydroxyl groups excluding tert-OH is 2. The number of anilines is 1. The lowest BCUT2D eigenvalue weighted by Gasteiger charge is -2.31. The predicted molar refractivity (Wildman–Crippen MR) is 135 cm³/mol. The first kappa shape index (κ1) is 24.7. The quantitative estimate of drug-likeness (QED) is 0.377. The Hall–Kier alpha value is -3.63.